The van der Waals surface area contributed by atoms with Gasteiger partial charge in [-0.05, 0) is 41.5 Å². The molecule has 0 aliphatic heterocycles. The van der Waals surface area contributed by atoms with E-state index in [9.17, 15) is 13.2 Å². The van der Waals surface area contributed by atoms with Crippen molar-refractivity contribution in [3.63, 3.8) is 0 Å². The van der Waals surface area contributed by atoms with Crippen molar-refractivity contribution in [2.45, 2.75) is 19.3 Å². The molecule has 0 amide bonds. The standard InChI is InChI=1S/C15H13BrF3NO/c16-12-3-1-2-10(6-12)9-21-13-4-5-14(15(17,18)19)11(7-13)8-20/h1-7H,8-9,20H2. The lowest BCUT2D eigenvalue weighted by molar-refractivity contribution is -0.138. The van der Waals surface area contributed by atoms with Crippen LogP contribution in [0.15, 0.2) is 46.9 Å². The molecule has 0 aromatic heterocycles. The molecule has 112 valence electrons. The van der Waals surface area contributed by atoms with Crippen molar-refractivity contribution in [3.8, 4) is 5.75 Å². The topological polar surface area (TPSA) is 35.2 Å². The van der Waals surface area contributed by atoms with Gasteiger partial charge in [0, 0.05) is 11.0 Å². The summed E-state index contributed by atoms with van der Waals surface area (Å²) in [6.07, 6.45) is -4.41. The maximum absolute atomic E-state index is 12.8. The number of hydrogen-bond donors (Lipinski definition) is 1. The van der Waals surface area contributed by atoms with Crippen molar-refractivity contribution in [2.24, 2.45) is 5.73 Å². The van der Waals surface area contributed by atoms with Gasteiger partial charge in [-0.15, -0.1) is 0 Å². The Kier molecular flexibility index (Phi) is 4.90. The second kappa shape index (κ2) is 6.49. The first-order valence-electron chi connectivity index (χ1n) is 6.17. The molecular formula is C15H13BrF3NO. The fourth-order valence-electron chi connectivity index (χ4n) is 1.90. The largest absolute Gasteiger partial charge is 0.489 e. The van der Waals surface area contributed by atoms with E-state index in [0.29, 0.717) is 5.75 Å². The van der Waals surface area contributed by atoms with Crippen LogP contribution in [0.25, 0.3) is 0 Å². The van der Waals surface area contributed by atoms with Crippen molar-refractivity contribution in [2.75, 3.05) is 0 Å². The van der Waals surface area contributed by atoms with Gasteiger partial charge in [0.2, 0.25) is 0 Å². The monoisotopic (exact) mass is 359 g/mol. The van der Waals surface area contributed by atoms with Gasteiger partial charge in [-0.2, -0.15) is 13.2 Å². The average molecular weight is 360 g/mol. The summed E-state index contributed by atoms with van der Waals surface area (Å²) in [4.78, 5) is 0. The molecule has 0 heterocycles. The van der Waals surface area contributed by atoms with Gasteiger partial charge in [0.1, 0.15) is 12.4 Å². The normalized spacial score (nSPS) is 11.5. The van der Waals surface area contributed by atoms with Crippen LogP contribution in [0.3, 0.4) is 0 Å². The van der Waals surface area contributed by atoms with Crippen molar-refractivity contribution in [1.29, 1.82) is 0 Å². The van der Waals surface area contributed by atoms with Crippen LogP contribution in [0.1, 0.15) is 16.7 Å². The molecule has 0 unspecified atom stereocenters. The summed E-state index contributed by atoms with van der Waals surface area (Å²) < 4.78 is 44.7. The van der Waals surface area contributed by atoms with Crippen molar-refractivity contribution >= 4 is 15.9 Å². The molecule has 0 saturated carbocycles. The minimum atomic E-state index is -4.41. The first-order valence-corrected chi connectivity index (χ1v) is 6.97. The van der Waals surface area contributed by atoms with Crippen molar-refractivity contribution in [1.82, 2.24) is 0 Å². The van der Waals surface area contributed by atoms with E-state index in [1.54, 1.807) is 0 Å². The Labute approximate surface area is 128 Å². The zero-order valence-electron chi connectivity index (χ0n) is 11.0. The fourth-order valence-corrected chi connectivity index (χ4v) is 2.35. The molecule has 0 aliphatic rings. The third-order valence-corrected chi connectivity index (χ3v) is 3.39. The van der Waals surface area contributed by atoms with Crippen LogP contribution in [-0.2, 0) is 19.3 Å². The van der Waals surface area contributed by atoms with Crippen LogP contribution in [0.5, 0.6) is 5.75 Å². The lowest BCUT2D eigenvalue weighted by Gasteiger charge is -2.14. The van der Waals surface area contributed by atoms with Gasteiger partial charge in [0.05, 0.1) is 5.56 Å². The summed E-state index contributed by atoms with van der Waals surface area (Å²) in [5, 5.41) is 0. The first kappa shape index (κ1) is 15.9. The number of hydrogen-bond acceptors (Lipinski definition) is 2. The number of halogens is 4. The van der Waals surface area contributed by atoms with Crippen LogP contribution in [0.4, 0.5) is 13.2 Å². The van der Waals surface area contributed by atoms with Crippen LogP contribution in [0.2, 0.25) is 0 Å². The van der Waals surface area contributed by atoms with E-state index in [0.717, 1.165) is 16.1 Å². The van der Waals surface area contributed by atoms with E-state index in [-0.39, 0.29) is 18.7 Å². The fraction of sp³-hybridized carbons (Fsp3) is 0.200. The minimum Gasteiger partial charge on any atom is -0.489 e. The highest BCUT2D eigenvalue weighted by Gasteiger charge is 2.32. The van der Waals surface area contributed by atoms with Gasteiger partial charge < -0.3 is 10.5 Å². The first-order chi connectivity index (χ1) is 9.90. The molecule has 0 aliphatic carbocycles. The van der Waals surface area contributed by atoms with Gasteiger partial charge >= 0.3 is 6.18 Å². The van der Waals surface area contributed by atoms with E-state index in [2.05, 4.69) is 15.9 Å². The zero-order valence-corrected chi connectivity index (χ0v) is 12.5. The third-order valence-electron chi connectivity index (χ3n) is 2.90. The highest BCUT2D eigenvalue weighted by Crippen LogP contribution is 2.33. The van der Waals surface area contributed by atoms with Crippen LogP contribution in [-0.4, -0.2) is 0 Å². The number of alkyl halides is 3. The van der Waals surface area contributed by atoms with Crippen LogP contribution < -0.4 is 10.5 Å². The summed E-state index contributed by atoms with van der Waals surface area (Å²) in [6, 6.07) is 11.1. The summed E-state index contributed by atoms with van der Waals surface area (Å²) in [7, 11) is 0. The molecule has 0 saturated heterocycles. The molecule has 0 atom stereocenters. The quantitative estimate of drug-likeness (QED) is 0.871. The molecular weight excluding hydrogens is 347 g/mol. The Hall–Kier alpha value is -1.53. The Bertz CT molecular complexity index is 629. The Balaban J connectivity index is 2.14. The molecule has 0 radical (unpaired) electrons. The molecule has 2 nitrogen and oxygen atoms in total. The second-order valence-corrected chi connectivity index (χ2v) is 5.36. The number of rotatable bonds is 4. The molecule has 6 heteroatoms. The van der Waals surface area contributed by atoms with Gasteiger partial charge in [-0.25, -0.2) is 0 Å². The van der Waals surface area contributed by atoms with Crippen molar-refractivity contribution < 1.29 is 17.9 Å². The molecule has 2 aromatic rings. The lowest BCUT2D eigenvalue weighted by atomic mass is 10.1. The SMILES string of the molecule is NCc1cc(OCc2cccc(Br)c2)ccc1C(F)(F)F. The van der Waals surface area contributed by atoms with E-state index in [1.807, 2.05) is 24.3 Å². The summed E-state index contributed by atoms with van der Waals surface area (Å²) in [5.74, 6) is 0.364. The van der Waals surface area contributed by atoms with Gasteiger partial charge in [-0.3, -0.25) is 0 Å². The molecule has 21 heavy (non-hydrogen) atoms. The molecule has 0 bridgehead atoms. The second-order valence-electron chi connectivity index (χ2n) is 4.44. The van der Waals surface area contributed by atoms with E-state index in [4.69, 9.17) is 10.5 Å². The molecule has 0 fully saturated rings. The third kappa shape index (κ3) is 4.22. The van der Waals surface area contributed by atoms with E-state index < -0.39 is 11.7 Å². The Morgan fingerprint density at radius 2 is 1.86 bits per heavy atom. The number of ether oxygens (including phenoxy) is 1. The smallest absolute Gasteiger partial charge is 0.416 e. The lowest BCUT2D eigenvalue weighted by Crippen LogP contribution is -2.12. The molecule has 2 aromatic carbocycles. The van der Waals surface area contributed by atoms with E-state index >= 15 is 0 Å². The average Bonchev–Trinajstić information content (AvgIpc) is 2.44. The summed E-state index contributed by atoms with van der Waals surface area (Å²) in [5.41, 5.74) is 5.60. The molecule has 2 N–H and O–H groups in total. The highest BCUT2D eigenvalue weighted by atomic mass is 79.9. The maximum atomic E-state index is 12.8. The predicted molar refractivity (Wildman–Crippen MR) is 77.8 cm³/mol. The summed E-state index contributed by atoms with van der Waals surface area (Å²) in [6.45, 7) is 0.0811. The van der Waals surface area contributed by atoms with Crippen LogP contribution in [0, 0.1) is 0 Å². The van der Waals surface area contributed by atoms with Gasteiger partial charge in [0.25, 0.3) is 0 Å². The number of benzene rings is 2. The van der Waals surface area contributed by atoms with Gasteiger partial charge in [-0.1, -0.05) is 28.1 Å². The minimum absolute atomic E-state index is 0.0224. The highest BCUT2D eigenvalue weighted by molar-refractivity contribution is 9.10. The molecule has 2 rings (SSSR count). The molecule has 0 spiro atoms. The van der Waals surface area contributed by atoms with Gasteiger partial charge in [0.15, 0.2) is 0 Å². The Morgan fingerprint density at radius 3 is 2.48 bits per heavy atom. The predicted octanol–water partition coefficient (Wildman–Crippen LogP) is 4.51. The van der Waals surface area contributed by atoms with E-state index in [1.165, 1.54) is 12.1 Å². The Morgan fingerprint density at radius 1 is 1.10 bits per heavy atom. The maximum Gasteiger partial charge on any atom is 0.416 e. The van der Waals surface area contributed by atoms with Crippen LogP contribution >= 0.6 is 15.9 Å². The van der Waals surface area contributed by atoms with Crippen molar-refractivity contribution in [3.05, 3.63) is 63.6 Å². The number of nitrogens with two attached hydrogens (primary N) is 1. The zero-order chi connectivity index (χ0) is 15.5. The summed E-state index contributed by atoms with van der Waals surface area (Å²) >= 11 is 3.35.